The van der Waals surface area contributed by atoms with E-state index in [1.165, 1.54) is 4.88 Å². The highest BCUT2D eigenvalue weighted by Gasteiger charge is 2.50. The van der Waals surface area contributed by atoms with E-state index in [-0.39, 0.29) is 12.6 Å². The Morgan fingerprint density at radius 2 is 2.44 bits per heavy atom. The molecule has 1 aliphatic heterocycles. The smallest absolute Gasteiger partial charge is 0.377 e. The highest BCUT2D eigenvalue weighted by atomic mass is 32.1. The van der Waals surface area contributed by atoms with Crippen molar-refractivity contribution < 1.29 is 18.3 Å². The normalized spacial score (nSPS) is 23.9. The maximum atomic E-state index is 12.9. The van der Waals surface area contributed by atoms with Gasteiger partial charge in [0.1, 0.15) is 6.10 Å². The Morgan fingerprint density at radius 1 is 1.67 bits per heavy atom. The van der Waals surface area contributed by atoms with Crippen LogP contribution in [0.2, 0.25) is 0 Å². The van der Waals surface area contributed by atoms with Crippen LogP contribution in [0.3, 0.4) is 0 Å². The van der Waals surface area contributed by atoms with Crippen molar-refractivity contribution in [2.24, 2.45) is 0 Å². The van der Waals surface area contributed by atoms with Gasteiger partial charge < -0.3 is 10.1 Å². The molecule has 0 amide bonds. The summed E-state index contributed by atoms with van der Waals surface area (Å²) < 4.78 is 30.4. The Balaban J connectivity index is 1.74. The number of thiophene rings is 1. The summed E-state index contributed by atoms with van der Waals surface area (Å²) in [4.78, 5) is 12.0. The maximum Gasteiger partial charge on any atom is 0.377 e. The van der Waals surface area contributed by atoms with E-state index in [0.29, 0.717) is 0 Å². The molecule has 2 unspecified atom stereocenters. The number of rotatable bonds is 5. The van der Waals surface area contributed by atoms with Crippen molar-refractivity contribution in [3.05, 3.63) is 22.4 Å². The molecule has 1 fully saturated rings. The molecule has 0 bridgehead atoms. The van der Waals surface area contributed by atoms with Crippen LogP contribution in [-0.2, 0) is 16.0 Å². The Morgan fingerprint density at radius 3 is 3.00 bits per heavy atom. The largest absolute Gasteiger partial charge is 0.456 e. The molecule has 0 saturated carbocycles. The van der Waals surface area contributed by atoms with Crippen molar-refractivity contribution in [1.82, 2.24) is 5.32 Å². The van der Waals surface area contributed by atoms with Crippen molar-refractivity contribution in [3.63, 3.8) is 0 Å². The summed E-state index contributed by atoms with van der Waals surface area (Å²) in [7, 11) is 0. The van der Waals surface area contributed by atoms with Crippen LogP contribution in [0, 0.1) is 0 Å². The van der Waals surface area contributed by atoms with Crippen LogP contribution in [0.25, 0.3) is 0 Å². The molecular formula is C12H15F2NO2S. The molecule has 6 heteroatoms. The van der Waals surface area contributed by atoms with E-state index in [2.05, 4.69) is 10.1 Å². The number of nitrogens with one attached hydrogen (secondary N) is 1. The van der Waals surface area contributed by atoms with Gasteiger partial charge in [0.25, 0.3) is 0 Å². The first kappa shape index (κ1) is 13.4. The number of hydrogen-bond acceptors (Lipinski definition) is 4. The van der Waals surface area contributed by atoms with Crippen molar-refractivity contribution in [1.29, 1.82) is 0 Å². The molecule has 0 aliphatic carbocycles. The minimum Gasteiger partial charge on any atom is -0.456 e. The van der Waals surface area contributed by atoms with Crippen LogP contribution < -0.4 is 5.32 Å². The summed E-state index contributed by atoms with van der Waals surface area (Å²) in [5.74, 6) is -4.72. The molecule has 100 valence electrons. The fourth-order valence-electron chi connectivity index (χ4n) is 1.90. The Labute approximate surface area is 108 Å². The molecule has 0 aromatic carbocycles. The predicted molar refractivity (Wildman–Crippen MR) is 64.9 cm³/mol. The lowest BCUT2D eigenvalue weighted by Crippen LogP contribution is -2.35. The molecule has 1 aliphatic rings. The lowest BCUT2D eigenvalue weighted by Gasteiger charge is -2.15. The average Bonchev–Trinajstić information content (AvgIpc) is 2.85. The number of carbonyl (C=O) groups is 1. The van der Waals surface area contributed by atoms with Crippen LogP contribution in [0.5, 0.6) is 0 Å². The quantitative estimate of drug-likeness (QED) is 0.837. The van der Waals surface area contributed by atoms with Crippen LogP contribution in [0.15, 0.2) is 17.5 Å². The fraction of sp³-hybridized carbons (Fsp3) is 0.583. The zero-order chi connectivity index (χ0) is 13.2. The third-order valence-electron chi connectivity index (χ3n) is 2.84. The van der Waals surface area contributed by atoms with E-state index < -0.39 is 24.4 Å². The number of esters is 1. The zero-order valence-corrected chi connectivity index (χ0v) is 10.8. The fourth-order valence-corrected chi connectivity index (χ4v) is 2.73. The number of cyclic esters (lactones) is 1. The second kappa shape index (κ2) is 5.32. The van der Waals surface area contributed by atoms with Crippen molar-refractivity contribution in [2.75, 3.05) is 6.54 Å². The van der Waals surface area contributed by atoms with E-state index in [9.17, 15) is 13.6 Å². The third kappa shape index (κ3) is 3.26. The summed E-state index contributed by atoms with van der Waals surface area (Å²) >= 11 is 1.66. The number of hydrogen-bond donors (Lipinski definition) is 1. The van der Waals surface area contributed by atoms with E-state index in [4.69, 9.17) is 0 Å². The molecule has 2 atom stereocenters. The molecule has 3 nitrogen and oxygen atoms in total. The number of alkyl halides is 2. The van der Waals surface area contributed by atoms with Gasteiger partial charge in [0, 0.05) is 17.5 Å². The summed E-state index contributed by atoms with van der Waals surface area (Å²) in [6.45, 7) is 2.25. The second-order valence-electron chi connectivity index (χ2n) is 4.53. The van der Waals surface area contributed by atoms with E-state index in [1.54, 1.807) is 11.3 Å². The summed E-state index contributed by atoms with van der Waals surface area (Å²) in [6.07, 6.45) is -0.405. The van der Waals surface area contributed by atoms with Gasteiger partial charge in [-0.3, -0.25) is 0 Å². The lowest BCUT2D eigenvalue weighted by molar-refractivity contribution is -0.159. The predicted octanol–water partition coefficient (Wildman–Crippen LogP) is 2.22. The van der Waals surface area contributed by atoms with Crippen LogP contribution in [-0.4, -0.2) is 30.6 Å². The highest BCUT2D eigenvalue weighted by molar-refractivity contribution is 7.09. The number of carbonyl (C=O) groups excluding carboxylic acids is 1. The topological polar surface area (TPSA) is 38.3 Å². The van der Waals surface area contributed by atoms with Crippen molar-refractivity contribution in [3.8, 4) is 0 Å². The number of halogens is 2. The average molecular weight is 275 g/mol. The van der Waals surface area contributed by atoms with Gasteiger partial charge in [0.15, 0.2) is 0 Å². The summed E-state index contributed by atoms with van der Waals surface area (Å²) in [6, 6.07) is 4.18. The SMILES string of the molecule is CC(Cc1cccs1)NCC1CC(F)(F)C(=O)O1. The molecule has 0 radical (unpaired) electrons. The van der Waals surface area contributed by atoms with Gasteiger partial charge in [-0.2, -0.15) is 8.78 Å². The molecule has 2 rings (SSSR count). The molecule has 1 N–H and O–H groups in total. The first-order valence-electron chi connectivity index (χ1n) is 5.82. The first-order chi connectivity index (χ1) is 8.47. The summed E-state index contributed by atoms with van der Waals surface area (Å²) in [5.41, 5.74) is 0. The first-order valence-corrected chi connectivity index (χ1v) is 6.70. The number of ether oxygens (including phenoxy) is 1. The van der Waals surface area contributed by atoms with Gasteiger partial charge in [0.05, 0.1) is 6.42 Å². The van der Waals surface area contributed by atoms with Crippen molar-refractivity contribution in [2.45, 2.75) is 37.8 Å². The van der Waals surface area contributed by atoms with Gasteiger partial charge in [-0.15, -0.1) is 11.3 Å². The van der Waals surface area contributed by atoms with Crippen molar-refractivity contribution >= 4 is 17.3 Å². The van der Waals surface area contributed by atoms with Crippen LogP contribution in [0.4, 0.5) is 8.78 Å². The molecule has 1 saturated heterocycles. The van der Waals surface area contributed by atoms with Crippen LogP contribution in [0.1, 0.15) is 18.2 Å². The van der Waals surface area contributed by atoms with Gasteiger partial charge in [-0.25, -0.2) is 4.79 Å². The Kier molecular flexibility index (Phi) is 3.97. The minimum absolute atomic E-state index is 0.163. The van der Waals surface area contributed by atoms with E-state index >= 15 is 0 Å². The van der Waals surface area contributed by atoms with E-state index in [1.807, 2.05) is 24.4 Å². The van der Waals surface area contributed by atoms with Gasteiger partial charge in [0.2, 0.25) is 0 Å². The molecular weight excluding hydrogens is 260 g/mol. The maximum absolute atomic E-state index is 12.9. The standard InChI is InChI=1S/C12H15F2NO2S/c1-8(5-10-3-2-4-18-10)15-7-9-6-12(13,14)11(16)17-9/h2-4,8-9,15H,5-7H2,1H3. The van der Waals surface area contributed by atoms with Crippen LogP contribution >= 0.6 is 11.3 Å². The lowest BCUT2D eigenvalue weighted by atomic mass is 10.1. The highest BCUT2D eigenvalue weighted by Crippen LogP contribution is 2.30. The second-order valence-corrected chi connectivity index (χ2v) is 5.56. The third-order valence-corrected chi connectivity index (χ3v) is 3.74. The molecule has 18 heavy (non-hydrogen) atoms. The summed E-state index contributed by atoms with van der Waals surface area (Å²) in [5, 5.41) is 5.12. The van der Waals surface area contributed by atoms with Gasteiger partial charge >= 0.3 is 11.9 Å². The molecule has 0 spiro atoms. The minimum atomic E-state index is -3.32. The van der Waals surface area contributed by atoms with Gasteiger partial charge in [-0.1, -0.05) is 6.07 Å². The Bertz CT molecular complexity index is 408. The van der Waals surface area contributed by atoms with Gasteiger partial charge in [-0.05, 0) is 24.8 Å². The molecule has 2 heterocycles. The molecule has 1 aromatic rings. The zero-order valence-electron chi connectivity index (χ0n) is 9.99. The monoisotopic (exact) mass is 275 g/mol. The molecule has 1 aromatic heterocycles. The Hall–Kier alpha value is -1.01. The van der Waals surface area contributed by atoms with E-state index in [0.717, 1.165) is 6.42 Å².